The number of pyridine rings is 1. The lowest BCUT2D eigenvalue weighted by Crippen LogP contribution is -2.46. The lowest BCUT2D eigenvalue weighted by Gasteiger charge is -2.35. The van der Waals surface area contributed by atoms with Crippen LogP contribution in [0.2, 0.25) is 0 Å². The number of halogens is 2. The second kappa shape index (κ2) is 11.5. The number of hydrogen-bond donors (Lipinski definition) is 1. The van der Waals surface area contributed by atoms with E-state index in [4.69, 9.17) is 9.72 Å². The Labute approximate surface area is 208 Å². The van der Waals surface area contributed by atoms with E-state index in [1.807, 2.05) is 0 Å². The van der Waals surface area contributed by atoms with Crippen molar-refractivity contribution in [1.29, 1.82) is 0 Å². The van der Waals surface area contributed by atoms with Gasteiger partial charge in [-0.2, -0.15) is 0 Å². The first kappa shape index (κ1) is 25.7. The summed E-state index contributed by atoms with van der Waals surface area (Å²) in [6.45, 7) is 8.14. The quantitative estimate of drug-likeness (QED) is 0.552. The molecule has 1 aromatic heterocycles. The molecule has 5 nitrogen and oxygen atoms in total. The molecule has 3 aromatic rings. The molecular weight excluding hydrogens is 457 g/mol. The summed E-state index contributed by atoms with van der Waals surface area (Å²) in [6, 6.07) is 19.3. The van der Waals surface area contributed by atoms with Crippen molar-refractivity contribution < 1.29 is 9.84 Å². The van der Waals surface area contributed by atoms with Gasteiger partial charge in [-0.05, 0) is 30.0 Å². The molecule has 5 rings (SSSR count). The molecule has 2 aromatic carbocycles. The van der Waals surface area contributed by atoms with E-state index < -0.39 is 0 Å². The summed E-state index contributed by atoms with van der Waals surface area (Å²) in [5.74, 6) is 1.09. The van der Waals surface area contributed by atoms with Crippen LogP contribution in [0.4, 0.5) is 5.82 Å². The monoisotopic (exact) mass is 489 g/mol. The van der Waals surface area contributed by atoms with Crippen LogP contribution in [0.25, 0.3) is 22.0 Å². The third kappa shape index (κ3) is 5.61. The third-order valence-corrected chi connectivity index (χ3v) is 6.67. The van der Waals surface area contributed by atoms with Crippen molar-refractivity contribution in [3.8, 4) is 11.3 Å². The summed E-state index contributed by atoms with van der Waals surface area (Å²) >= 11 is 0. The Balaban J connectivity index is 0.00000153. The Hall–Kier alpha value is -1.89. The highest BCUT2D eigenvalue weighted by atomic mass is 35.5. The van der Waals surface area contributed by atoms with Crippen LogP contribution in [0.3, 0.4) is 0 Å². The van der Waals surface area contributed by atoms with Crippen molar-refractivity contribution in [3.05, 3.63) is 60.2 Å². The average molecular weight is 490 g/mol. The van der Waals surface area contributed by atoms with Crippen LogP contribution in [0, 0.1) is 0 Å². The summed E-state index contributed by atoms with van der Waals surface area (Å²) < 4.78 is 5.87. The molecule has 1 N–H and O–H groups in total. The van der Waals surface area contributed by atoms with E-state index in [2.05, 4.69) is 71.3 Å². The molecule has 1 unspecified atom stereocenters. The van der Waals surface area contributed by atoms with Gasteiger partial charge >= 0.3 is 0 Å². The lowest BCUT2D eigenvalue weighted by atomic mass is 9.97. The summed E-state index contributed by atoms with van der Waals surface area (Å²) in [4.78, 5) is 10.1. The summed E-state index contributed by atoms with van der Waals surface area (Å²) in [7, 11) is 0. The van der Waals surface area contributed by atoms with Crippen molar-refractivity contribution in [1.82, 2.24) is 9.88 Å². The zero-order valence-electron chi connectivity index (χ0n) is 19.0. The largest absolute Gasteiger partial charge is 0.393 e. The van der Waals surface area contributed by atoms with E-state index in [0.717, 1.165) is 61.8 Å². The molecule has 3 heterocycles. The van der Waals surface area contributed by atoms with Gasteiger partial charge in [0.2, 0.25) is 0 Å². The van der Waals surface area contributed by atoms with Crippen LogP contribution in [-0.2, 0) is 4.74 Å². The van der Waals surface area contributed by atoms with Crippen LogP contribution >= 0.6 is 24.8 Å². The number of aliphatic hydroxyl groups excluding tert-OH is 1. The standard InChI is InChI=1S/C26H31N3O2.2ClH/c1-2-28-12-14-29(15-13-28)26-23-6-4-3-5-21(23)17-24(27-26)19-7-9-20(10-8-19)25-18-22(30)11-16-31-25;;/h3-10,17,22,25,30H,2,11-16,18H2,1H3;2*1H/t22-,25?;;/m0../s1. The normalized spacial score (nSPS) is 21.3. The van der Waals surface area contributed by atoms with Crippen molar-refractivity contribution in [2.75, 3.05) is 44.2 Å². The van der Waals surface area contributed by atoms with Gasteiger partial charge in [0.1, 0.15) is 5.82 Å². The molecule has 0 radical (unpaired) electrons. The first-order chi connectivity index (χ1) is 15.2. The molecule has 178 valence electrons. The molecule has 0 saturated carbocycles. The second-order valence-electron chi connectivity index (χ2n) is 8.63. The molecule has 0 spiro atoms. The average Bonchev–Trinajstić information content (AvgIpc) is 2.83. The maximum Gasteiger partial charge on any atom is 0.137 e. The van der Waals surface area contributed by atoms with Crippen LogP contribution in [-0.4, -0.2) is 60.4 Å². The van der Waals surface area contributed by atoms with Crippen LogP contribution < -0.4 is 4.90 Å². The minimum atomic E-state index is -0.267. The van der Waals surface area contributed by atoms with E-state index in [-0.39, 0.29) is 37.0 Å². The number of benzene rings is 2. The number of piperazine rings is 1. The van der Waals surface area contributed by atoms with E-state index in [1.165, 1.54) is 10.8 Å². The number of fused-ring (bicyclic) bond motifs is 1. The highest BCUT2D eigenvalue weighted by Gasteiger charge is 2.23. The minimum Gasteiger partial charge on any atom is -0.393 e. The van der Waals surface area contributed by atoms with Gasteiger partial charge in [0, 0.05) is 50.2 Å². The maximum absolute atomic E-state index is 9.96. The predicted molar refractivity (Wildman–Crippen MR) is 140 cm³/mol. The SMILES string of the molecule is CCN1CCN(c2nc(-c3ccc(C4C[C@@H](O)CCO4)cc3)cc3ccccc23)CC1.Cl.Cl. The van der Waals surface area contributed by atoms with E-state index in [9.17, 15) is 5.11 Å². The fraction of sp³-hybridized carbons (Fsp3) is 0.423. The predicted octanol–water partition coefficient (Wildman–Crippen LogP) is 5.10. The fourth-order valence-electron chi connectivity index (χ4n) is 4.73. The van der Waals surface area contributed by atoms with Crippen LogP contribution in [0.5, 0.6) is 0 Å². The fourth-order valence-corrected chi connectivity index (χ4v) is 4.73. The Morgan fingerprint density at radius 1 is 1.00 bits per heavy atom. The first-order valence-electron chi connectivity index (χ1n) is 11.5. The van der Waals surface area contributed by atoms with Gasteiger partial charge in [-0.3, -0.25) is 0 Å². The van der Waals surface area contributed by atoms with Gasteiger partial charge in [-0.1, -0.05) is 55.5 Å². The number of likely N-dealkylation sites (N-methyl/N-ethyl adjacent to an activating group) is 1. The van der Waals surface area contributed by atoms with Gasteiger partial charge in [0.15, 0.2) is 0 Å². The molecule has 2 atom stereocenters. The second-order valence-corrected chi connectivity index (χ2v) is 8.63. The van der Waals surface area contributed by atoms with Gasteiger partial charge < -0.3 is 19.6 Å². The first-order valence-corrected chi connectivity index (χ1v) is 11.5. The third-order valence-electron chi connectivity index (χ3n) is 6.67. The summed E-state index contributed by atoms with van der Waals surface area (Å²) in [5.41, 5.74) is 3.24. The minimum absolute atomic E-state index is 0. The number of aromatic nitrogens is 1. The molecule has 2 saturated heterocycles. The Morgan fingerprint density at radius 2 is 1.73 bits per heavy atom. The molecular formula is C26H33Cl2N3O2. The van der Waals surface area contributed by atoms with Crippen molar-refractivity contribution in [2.45, 2.75) is 32.0 Å². The lowest BCUT2D eigenvalue weighted by molar-refractivity contribution is -0.0447. The van der Waals surface area contributed by atoms with Crippen LogP contribution in [0.1, 0.15) is 31.4 Å². The van der Waals surface area contributed by atoms with E-state index in [1.54, 1.807) is 0 Å². The highest BCUT2D eigenvalue weighted by Crippen LogP contribution is 2.33. The topological polar surface area (TPSA) is 48.8 Å². The number of hydrogen-bond acceptors (Lipinski definition) is 5. The van der Waals surface area contributed by atoms with Gasteiger partial charge in [-0.25, -0.2) is 4.98 Å². The summed E-state index contributed by atoms with van der Waals surface area (Å²) in [5, 5.41) is 12.4. The smallest absolute Gasteiger partial charge is 0.137 e. The zero-order valence-corrected chi connectivity index (χ0v) is 20.7. The Morgan fingerprint density at radius 3 is 2.42 bits per heavy atom. The van der Waals surface area contributed by atoms with Gasteiger partial charge in [-0.15, -0.1) is 24.8 Å². The molecule has 0 bridgehead atoms. The van der Waals surface area contributed by atoms with Crippen molar-refractivity contribution in [2.24, 2.45) is 0 Å². The van der Waals surface area contributed by atoms with Crippen molar-refractivity contribution in [3.63, 3.8) is 0 Å². The molecule has 2 fully saturated rings. The molecule has 0 amide bonds. The van der Waals surface area contributed by atoms with Gasteiger partial charge in [0.25, 0.3) is 0 Å². The summed E-state index contributed by atoms with van der Waals surface area (Å²) in [6.07, 6.45) is 1.11. The Bertz CT molecular complexity index is 1040. The number of aliphatic hydroxyl groups is 1. The van der Waals surface area contributed by atoms with E-state index in [0.29, 0.717) is 13.0 Å². The van der Waals surface area contributed by atoms with E-state index >= 15 is 0 Å². The highest BCUT2D eigenvalue weighted by molar-refractivity contribution is 5.95. The van der Waals surface area contributed by atoms with Crippen LogP contribution in [0.15, 0.2) is 54.6 Å². The Kier molecular flexibility index (Phi) is 8.96. The number of anilines is 1. The molecule has 2 aliphatic heterocycles. The maximum atomic E-state index is 9.96. The molecule has 0 aliphatic carbocycles. The molecule has 33 heavy (non-hydrogen) atoms. The van der Waals surface area contributed by atoms with Crippen molar-refractivity contribution >= 4 is 41.4 Å². The number of rotatable bonds is 4. The number of ether oxygens (including phenoxy) is 1. The molecule has 7 heteroatoms. The molecule has 2 aliphatic rings. The van der Waals surface area contributed by atoms with Gasteiger partial charge in [0.05, 0.1) is 17.9 Å². The zero-order chi connectivity index (χ0) is 21.2. The number of nitrogens with zero attached hydrogens (tertiary/aromatic N) is 3.